The van der Waals surface area contributed by atoms with Gasteiger partial charge in [-0.15, -0.1) is 0 Å². The highest BCUT2D eigenvalue weighted by Gasteiger charge is 2.14. The second-order valence-electron chi connectivity index (χ2n) is 5.66. The lowest BCUT2D eigenvalue weighted by Gasteiger charge is -2.27. The Kier molecular flexibility index (Phi) is 6.03. The topological polar surface area (TPSA) is 37.4 Å². The van der Waals surface area contributed by atoms with E-state index in [1.807, 2.05) is 0 Å². The van der Waals surface area contributed by atoms with Crippen molar-refractivity contribution in [3.05, 3.63) is 34.5 Å². The van der Waals surface area contributed by atoms with Crippen molar-refractivity contribution < 1.29 is 4.74 Å². The molecule has 0 aromatic carbocycles. The van der Waals surface area contributed by atoms with Crippen LogP contribution in [-0.2, 0) is 11.3 Å². The van der Waals surface area contributed by atoms with Crippen LogP contribution in [0.4, 0.5) is 5.82 Å². The van der Waals surface area contributed by atoms with Crippen molar-refractivity contribution >= 4 is 17.4 Å². The number of nitrogens with zero attached hydrogens (tertiary/aromatic N) is 2. The van der Waals surface area contributed by atoms with E-state index in [-0.39, 0.29) is 0 Å². The Hall–Kier alpha value is -1.10. The molecule has 1 aromatic heterocycles. The third-order valence-electron chi connectivity index (χ3n) is 3.58. The van der Waals surface area contributed by atoms with Gasteiger partial charge in [0.15, 0.2) is 0 Å². The molecule has 0 fully saturated rings. The van der Waals surface area contributed by atoms with Gasteiger partial charge in [-0.05, 0) is 23.6 Å². The molecule has 0 saturated carbocycles. The van der Waals surface area contributed by atoms with Crippen LogP contribution in [0.3, 0.4) is 0 Å². The molecule has 0 saturated heterocycles. The Morgan fingerprint density at radius 3 is 2.90 bits per heavy atom. The number of nitrogens with one attached hydrogen (secondary N) is 1. The first-order valence-corrected chi connectivity index (χ1v) is 7.77. The minimum Gasteiger partial charge on any atom is -0.380 e. The third-order valence-corrected chi connectivity index (χ3v) is 3.92. The quantitative estimate of drug-likeness (QED) is 0.820. The van der Waals surface area contributed by atoms with Gasteiger partial charge in [-0.3, -0.25) is 0 Å². The second kappa shape index (κ2) is 7.78. The molecule has 1 aliphatic rings. The van der Waals surface area contributed by atoms with E-state index in [4.69, 9.17) is 16.3 Å². The van der Waals surface area contributed by atoms with E-state index < -0.39 is 0 Å². The lowest BCUT2D eigenvalue weighted by Crippen LogP contribution is -2.30. The predicted octanol–water partition coefficient (Wildman–Crippen LogP) is 3.02. The van der Waals surface area contributed by atoms with Crippen molar-refractivity contribution in [2.45, 2.75) is 32.9 Å². The minimum absolute atomic E-state index is 0.437. The molecule has 5 heteroatoms. The van der Waals surface area contributed by atoms with Gasteiger partial charge in [0.05, 0.1) is 11.6 Å². The fourth-order valence-electron chi connectivity index (χ4n) is 2.33. The zero-order valence-electron chi connectivity index (χ0n) is 13.0. The number of ether oxygens (including phenoxy) is 1. The van der Waals surface area contributed by atoms with Crippen LogP contribution < -0.4 is 10.2 Å². The summed E-state index contributed by atoms with van der Waals surface area (Å²) in [4.78, 5) is 6.74. The molecule has 2 heterocycles. The molecule has 0 amide bonds. The van der Waals surface area contributed by atoms with E-state index in [0.717, 1.165) is 49.1 Å². The average Bonchev–Trinajstić information content (AvgIpc) is 2.47. The van der Waals surface area contributed by atoms with E-state index in [1.54, 1.807) is 13.3 Å². The van der Waals surface area contributed by atoms with Crippen LogP contribution in [0.5, 0.6) is 0 Å². The predicted molar refractivity (Wildman–Crippen MR) is 88.0 cm³/mol. The smallest absolute Gasteiger partial charge is 0.129 e. The number of rotatable bonds is 6. The first-order valence-electron chi connectivity index (χ1n) is 7.39. The molecular weight excluding hydrogens is 286 g/mol. The summed E-state index contributed by atoms with van der Waals surface area (Å²) in [6.45, 7) is 7.60. The van der Waals surface area contributed by atoms with Crippen molar-refractivity contribution in [3.8, 4) is 0 Å². The molecule has 0 aliphatic carbocycles. The Morgan fingerprint density at radius 1 is 1.48 bits per heavy atom. The molecule has 0 atom stereocenters. The Bertz CT molecular complexity index is 502. The van der Waals surface area contributed by atoms with Gasteiger partial charge in [0.2, 0.25) is 0 Å². The van der Waals surface area contributed by atoms with Crippen LogP contribution in [0, 0.1) is 0 Å². The molecule has 0 radical (unpaired) electrons. The average molecular weight is 310 g/mol. The Labute approximate surface area is 132 Å². The minimum atomic E-state index is 0.437. The first-order chi connectivity index (χ1) is 10.1. The summed E-state index contributed by atoms with van der Waals surface area (Å²) < 4.78 is 5.18. The molecule has 0 bridgehead atoms. The van der Waals surface area contributed by atoms with Gasteiger partial charge < -0.3 is 15.0 Å². The largest absolute Gasteiger partial charge is 0.380 e. The highest BCUT2D eigenvalue weighted by molar-refractivity contribution is 6.31. The Balaban J connectivity index is 2.05. The van der Waals surface area contributed by atoms with Crippen molar-refractivity contribution in [1.29, 1.82) is 0 Å². The summed E-state index contributed by atoms with van der Waals surface area (Å²) in [5.41, 5.74) is 2.46. The number of halogens is 1. The van der Waals surface area contributed by atoms with E-state index in [0.29, 0.717) is 6.04 Å². The summed E-state index contributed by atoms with van der Waals surface area (Å²) in [6.07, 6.45) is 5.01. The zero-order chi connectivity index (χ0) is 15.2. The van der Waals surface area contributed by atoms with Gasteiger partial charge in [-0.25, -0.2) is 4.98 Å². The van der Waals surface area contributed by atoms with Crippen molar-refractivity contribution in [2.24, 2.45) is 0 Å². The SMILES string of the molecule is COCC1=CCN(c2cc(CNC(C)C)c(Cl)cn2)CC1. The highest BCUT2D eigenvalue weighted by atomic mass is 35.5. The molecular formula is C16H24ClN3O. The molecule has 4 nitrogen and oxygen atoms in total. The molecule has 0 unspecified atom stereocenters. The maximum atomic E-state index is 6.23. The number of anilines is 1. The molecule has 1 N–H and O–H groups in total. The van der Waals surface area contributed by atoms with E-state index >= 15 is 0 Å². The summed E-state index contributed by atoms with van der Waals surface area (Å²) in [5.74, 6) is 0.993. The Morgan fingerprint density at radius 2 is 2.29 bits per heavy atom. The van der Waals surface area contributed by atoms with Gasteiger partial charge >= 0.3 is 0 Å². The number of hydrogen-bond donors (Lipinski definition) is 1. The number of pyridine rings is 1. The van der Waals surface area contributed by atoms with E-state index in [1.165, 1.54) is 5.57 Å². The van der Waals surface area contributed by atoms with Crippen molar-refractivity contribution in [1.82, 2.24) is 10.3 Å². The van der Waals surface area contributed by atoms with Gasteiger partial charge in [0, 0.05) is 39.0 Å². The lowest BCUT2D eigenvalue weighted by molar-refractivity contribution is 0.222. The maximum Gasteiger partial charge on any atom is 0.129 e. The third kappa shape index (κ3) is 4.70. The van der Waals surface area contributed by atoms with Crippen LogP contribution in [0.25, 0.3) is 0 Å². The summed E-state index contributed by atoms with van der Waals surface area (Å²) in [5, 5.41) is 4.12. The van der Waals surface area contributed by atoms with Crippen LogP contribution >= 0.6 is 11.6 Å². The molecule has 1 aliphatic heterocycles. The van der Waals surface area contributed by atoms with Gasteiger partial charge in [0.1, 0.15) is 5.82 Å². The van der Waals surface area contributed by atoms with Crippen LogP contribution in [-0.4, -0.2) is 37.8 Å². The fraction of sp³-hybridized carbons (Fsp3) is 0.562. The molecule has 116 valence electrons. The number of hydrogen-bond acceptors (Lipinski definition) is 4. The fourth-order valence-corrected chi connectivity index (χ4v) is 2.50. The van der Waals surface area contributed by atoms with E-state index in [9.17, 15) is 0 Å². The first kappa shape index (κ1) is 16.3. The highest BCUT2D eigenvalue weighted by Crippen LogP contribution is 2.23. The molecule has 2 rings (SSSR count). The molecule has 1 aromatic rings. The standard InChI is InChI=1S/C16H24ClN3O/c1-12(2)18-9-14-8-16(19-10-15(14)17)20-6-4-13(5-7-20)11-21-3/h4,8,10,12,18H,5-7,9,11H2,1-3H3. The molecule has 0 spiro atoms. The molecule has 21 heavy (non-hydrogen) atoms. The maximum absolute atomic E-state index is 6.23. The van der Waals surface area contributed by atoms with Crippen LogP contribution in [0.2, 0.25) is 5.02 Å². The van der Waals surface area contributed by atoms with Gasteiger partial charge in [0.25, 0.3) is 0 Å². The normalized spacial score (nSPS) is 15.5. The second-order valence-corrected chi connectivity index (χ2v) is 6.07. The van der Waals surface area contributed by atoms with Gasteiger partial charge in [-0.2, -0.15) is 0 Å². The summed E-state index contributed by atoms with van der Waals surface area (Å²) in [7, 11) is 1.74. The summed E-state index contributed by atoms with van der Waals surface area (Å²) in [6, 6.07) is 2.53. The summed E-state index contributed by atoms with van der Waals surface area (Å²) >= 11 is 6.23. The monoisotopic (exact) mass is 309 g/mol. The van der Waals surface area contributed by atoms with Gasteiger partial charge in [-0.1, -0.05) is 31.5 Å². The lowest BCUT2D eigenvalue weighted by atomic mass is 10.1. The van der Waals surface area contributed by atoms with Crippen LogP contribution in [0.1, 0.15) is 25.8 Å². The number of methoxy groups -OCH3 is 1. The van der Waals surface area contributed by atoms with Crippen LogP contribution in [0.15, 0.2) is 23.9 Å². The van der Waals surface area contributed by atoms with Crippen molar-refractivity contribution in [2.75, 3.05) is 31.7 Å². The zero-order valence-corrected chi connectivity index (χ0v) is 13.8. The van der Waals surface area contributed by atoms with E-state index in [2.05, 4.69) is 41.2 Å². The van der Waals surface area contributed by atoms with Crippen molar-refractivity contribution in [3.63, 3.8) is 0 Å². The number of aromatic nitrogens is 1.